The van der Waals surface area contributed by atoms with Crippen molar-refractivity contribution in [2.45, 2.75) is 6.61 Å². The molecule has 0 aliphatic carbocycles. The number of rotatable bonds is 7. The summed E-state index contributed by atoms with van der Waals surface area (Å²) < 4.78 is 11.5. The van der Waals surface area contributed by atoms with Crippen molar-refractivity contribution in [3.63, 3.8) is 0 Å². The predicted molar refractivity (Wildman–Crippen MR) is 143 cm³/mol. The molecular weight excluding hydrogens is 450 g/mol. The number of anilines is 3. The lowest BCUT2D eigenvalue weighted by molar-refractivity contribution is 0.122. The van der Waals surface area contributed by atoms with Crippen LogP contribution in [-0.2, 0) is 11.3 Å². The van der Waals surface area contributed by atoms with Crippen LogP contribution in [0.25, 0.3) is 22.2 Å². The van der Waals surface area contributed by atoms with Crippen molar-refractivity contribution in [2.24, 2.45) is 0 Å². The van der Waals surface area contributed by atoms with Crippen LogP contribution in [0.2, 0.25) is 0 Å². The number of fused-ring (bicyclic) bond motifs is 1. The highest BCUT2D eigenvalue weighted by molar-refractivity contribution is 5.95. The Labute approximate surface area is 209 Å². The molecule has 1 fully saturated rings. The number of H-pyrrole nitrogens is 1. The SMILES string of the molecule is c1ccc(COc2ccc3[nH]cc(-c4ccnc(Nc5ccc(N6CCOCC6)cc5)n4)c3c2)cc1. The van der Waals surface area contributed by atoms with Gasteiger partial charge >= 0.3 is 0 Å². The molecule has 6 rings (SSSR count). The van der Waals surface area contributed by atoms with Crippen molar-refractivity contribution < 1.29 is 9.47 Å². The van der Waals surface area contributed by atoms with Crippen molar-refractivity contribution in [3.8, 4) is 17.0 Å². The van der Waals surface area contributed by atoms with Gasteiger partial charge in [-0.05, 0) is 54.1 Å². The number of benzene rings is 3. The highest BCUT2D eigenvalue weighted by Crippen LogP contribution is 2.31. The summed E-state index contributed by atoms with van der Waals surface area (Å²) in [6, 6.07) is 26.5. The molecule has 2 N–H and O–H groups in total. The highest BCUT2D eigenvalue weighted by Gasteiger charge is 2.12. The number of hydrogen-bond donors (Lipinski definition) is 2. The number of nitrogens with zero attached hydrogens (tertiary/aromatic N) is 3. The molecule has 1 aliphatic rings. The van der Waals surface area contributed by atoms with E-state index in [1.54, 1.807) is 6.20 Å². The summed E-state index contributed by atoms with van der Waals surface area (Å²) in [5.41, 5.74) is 6.15. The third-order valence-electron chi connectivity index (χ3n) is 6.33. The van der Waals surface area contributed by atoms with E-state index in [1.807, 2.05) is 42.6 Å². The van der Waals surface area contributed by atoms with Crippen LogP contribution in [0.3, 0.4) is 0 Å². The molecule has 7 heteroatoms. The van der Waals surface area contributed by atoms with Crippen LogP contribution in [0.15, 0.2) is 91.3 Å². The molecule has 5 aromatic rings. The summed E-state index contributed by atoms with van der Waals surface area (Å²) in [5.74, 6) is 1.37. The second-order valence-electron chi connectivity index (χ2n) is 8.72. The number of ether oxygens (including phenoxy) is 2. The Morgan fingerprint density at radius 3 is 2.61 bits per heavy atom. The Kier molecular flexibility index (Phi) is 6.20. The van der Waals surface area contributed by atoms with Crippen molar-refractivity contribution in [2.75, 3.05) is 36.5 Å². The minimum absolute atomic E-state index is 0.526. The topological polar surface area (TPSA) is 75.3 Å². The fourth-order valence-electron chi connectivity index (χ4n) is 4.42. The van der Waals surface area contributed by atoms with Gasteiger partial charge in [-0.1, -0.05) is 30.3 Å². The molecule has 0 saturated carbocycles. The van der Waals surface area contributed by atoms with E-state index in [-0.39, 0.29) is 0 Å². The third kappa shape index (κ3) is 4.87. The van der Waals surface area contributed by atoms with E-state index in [0.717, 1.165) is 65.5 Å². The Morgan fingerprint density at radius 2 is 1.78 bits per heavy atom. The lowest BCUT2D eigenvalue weighted by Crippen LogP contribution is -2.36. The number of nitrogens with one attached hydrogen (secondary N) is 2. The van der Waals surface area contributed by atoms with E-state index in [0.29, 0.717) is 12.6 Å². The Balaban J connectivity index is 1.19. The molecular formula is C29H27N5O2. The Hall–Kier alpha value is -4.36. The molecule has 36 heavy (non-hydrogen) atoms. The fourth-order valence-corrected chi connectivity index (χ4v) is 4.42. The molecule has 1 saturated heterocycles. The summed E-state index contributed by atoms with van der Waals surface area (Å²) in [6.45, 7) is 3.91. The highest BCUT2D eigenvalue weighted by atomic mass is 16.5. The van der Waals surface area contributed by atoms with Gasteiger partial charge in [0.05, 0.1) is 18.9 Å². The van der Waals surface area contributed by atoms with Crippen LogP contribution >= 0.6 is 0 Å². The third-order valence-corrected chi connectivity index (χ3v) is 6.33. The maximum absolute atomic E-state index is 6.05. The van der Waals surface area contributed by atoms with Gasteiger partial charge in [0.2, 0.25) is 5.95 Å². The first-order chi connectivity index (χ1) is 17.8. The van der Waals surface area contributed by atoms with Gasteiger partial charge in [-0.15, -0.1) is 0 Å². The molecule has 3 aromatic carbocycles. The quantitative estimate of drug-likeness (QED) is 0.309. The van der Waals surface area contributed by atoms with E-state index in [2.05, 4.69) is 62.6 Å². The molecule has 0 spiro atoms. The van der Waals surface area contributed by atoms with E-state index >= 15 is 0 Å². The van der Waals surface area contributed by atoms with E-state index in [4.69, 9.17) is 14.5 Å². The minimum Gasteiger partial charge on any atom is -0.489 e. The maximum Gasteiger partial charge on any atom is 0.227 e. The molecule has 0 radical (unpaired) electrons. The zero-order valence-electron chi connectivity index (χ0n) is 19.9. The van der Waals surface area contributed by atoms with Crippen LogP contribution in [0.5, 0.6) is 5.75 Å². The van der Waals surface area contributed by atoms with Crippen molar-refractivity contribution in [1.82, 2.24) is 15.0 Å². The Morgan fingerprint density at radius 1 is 0.944 bits per heavy atom. The van der Waals surface area contributed by atoms with E-state index in [1.165, 1.54) is 5.69 Å². The van der Waals surface area contributed by atoms with Gasteiger partial charge < -0.3 is 24.7 Å². The van der Waals surface area contributed by atoms with Crippen molar-refractivity contribution >= 4 is 28.2 Å². The monoisotopic (exact) mass is 477 g/mol. The van der Waals surface area contributed by atoms with Gasteiger partial charge in [-0.25, -0.2) is 9.97 Å². The van der Waals surface area contributed by atoms with Crippen molar-refractivity contribution in [1.29, 1.82) is 0 Å². The summed E-state index contributed by atoms with van der Waals surface area (Å²) in [4.78, 5) is 14.9. The molecule has 2 aromatic heterocycles. The molecule has 1 aliphatic heterocycles. The van der Waals surface area contributed by atoms with Gasteiger partial charge in [-0.2, -0.15) is 0 Å². The molecule has 0 unspecified atom stereocenters. The lowest BCUT2D eigenvalue weighted by atomic mass is 10.1. The summed E-state index contributed by atoms with van der Waals surface area (Å²) in [5, 5.41) is 4.39. The molecule has 0 atom stereocenters. The van der Waals surface area contributed by atoms with Crippen LogP contribution in [-0.4, -0.2) is 41.3 Å². The normalized spacial score (nSPS) is 13.6. The first-order valence-electron chi connectivity index (χ1n) is 12.1. The van der Waals surface area contributed by atoms with Crippen LogP contribution < -0.4 is 15.0 Å². The van der Waals surface area contributed by atoms with Gasteiger partial charge in [0, 0.05) is 53.3 Å². The standard InChI is InChI=1S/C29H27N5O2/c1-2-4-21(5-3-1)20-36-24-10-11-27-25(18-24)26(19-31-27)28-12-13-30-29(33-28)32-22-6-8-23(9-7-22)34-14-16-35-17-15-34/h1-13,18-19,31H,14-17,20H2,(H,30,32,33). The molecule has 3 heterocycles. The molecule has 0 amide bonds. The predicted octanol–water partition coefficient (Wildman–Crippen LogP) is 5.78. The van der Waals surface area contributed by atoms with Crippen molar-refractivity contribution in [3.05, 3.63) is 96.8 Å². The van der Waals surface area contributed by atoms with Gasteiger partial charge in [-0.3, -0.25) is 0 Å². The number of aromatic amines is 1. The zero-order valence-corrected chi connectivity index (χ0v) is 19.9. The minimum atomic E-state index is 0.526. The van der Waals surface area contributed by atoms with Crippen LogP contribution in [0.1, 0.15) is 5.56 Å². The van der Waals surface area contributed by atoms with Crippen LogP contribution in [0, 0.1) is 0 Å². The average molecular weight is 478 g/mol. The zero-order chi connectivity index (χ0) is 24.2. The van der Waals surface area contributed by atoms with Gasteiger partial charge in [0.15, 0.2) is 0 Å². The average Bonchev–Trinajstić information content (AvgIpc) is 3.37. The summed E-state index contributed by atoms with van der Waals surface area (Å²) in [7, 11) is 0. The van der Waals surface area contributed by atoms with E-state index < -0.39 is 0 Å². The maximum atomic E-state index is 6.05. The second-order valence-corrected chi connectivity index (χ2v) is 8.72. The summed E-state index contributed by atoms with van der Waals surface area (Å²) in [6.07, 6.45) is 3.76. The molecule has 7 nitrogen and oxygen atoms in total. The number of aromatic nitrogens is 3. The van der Waals surface area contributed by atoms with Gasteiger partial charge in [0.1, 0.15) is 12.4 Å². The second kappa shape index (κ2) is 10.1. The largest absolute Gasteiger partial charge is 0.489 e. The lowest BCUT2D eigenvalue weighted by Gasteiger charge is -2.28. The summed E-state index contributed by atoms with van der Waals surface area (Å²) >= 11 is 0. The molecule has 0 bridgehead atoms. The first-order valence-corrected chi connectivity index (χ1v) is 12.1. The van der Waals surface area contributed by atoms with Crippen LogP contribution in [0.4, 0.5) is 17.3 Å². The molecule has 180 valence electrons. The fraction of sp³-hybridized carbons (Fsp3) is 0.172. The van der Waals surface area contributed by atoms with Gasteiger partial charge in [0.25, 0.3) is 0 Å². The van der Waals surface area contributed by atoms with E-state index in [9.17, 15) is 0 Å². The number of hydrogen-bond acceptors (Lipinski definition) is 6. The Bertz CT molecular complexity index is 1440. The first kappa shape index (κ1) is 22.1. The smallest absolute Gasteiger partial charge is 0.227 e. The number of morpholine rings is 1.